The van der Waals surface area contributed by atoms with Gasteiger partial charge in [0.1, 0.15) is 5.76 Å². The lowest BCUT2D eigenvalue weighted by molar-refractivity contribution is 0.101. The number of allylic oxidation sites excluding steroid dienone is 1. The van der Waals surface area contributed by atoms with Crippen LogP contribution in [0.1, 0.15) is 49.2 Å². The van der Waals surface area contributed by atoms with Crippen molar-refractivity contribution < 1.29 is 13.6 Å². The SMILES string of the molecule is CCCC/C=C/c1cc(C(C)=O)c(-c2ccco2)o1. The zero-order valence-corrected chi connectivity index (χ0v) is 11.3. The van der Waals surface area contributed by atoms with Crippen molar-refractivity contribution in [2.75, 3.05) is 0 Å². The highest BCUT2D eigenvalue weighted by Crippen LogP contribution is 2.28. The van der Waals surface area contributed by atoms with Gasteiger partial charge in [-0.25, -0.2) is 0 Å². The van der Waals surface area contributed by atoms with E-state index in [1.807, 2.05) is 6.08 Å². The minimum Gasteiger partial charge on any atom is -0.461 e. The topological polar surface area (TPSA) is 43.4 Å². The lowest BCUT2D eigenvalue weighted by Gasteiger charge is -1.93. The molecule has 0 fully saturated rings. The van der Waals surface area contributed by atoms with Gasteiger partial charge < -0.3 is 8.83 Å². The number of ketones is 1. The summed E-state index contributed by atoms with van der Waals surface area (Å²) in [5, 5.41) is 0. The van der Waals surface area contributed by atoms with Crippen LogP contribution in [0.2, 0.25) is 0 Å². The Morgan fingerprint density at radius 3 is 2.89 bits per heavy atom. The summed E-state index contributed by atoms with van der Waals surface area (Å²) in [7, 11) is 0. The van der Waals surface area contributed by atoms with Gasteiger partial charge in [-0.15, -0.1) is 0 Å². The number of rotatable bonds is 6. The molecule has 0 saturated carbocycles. The number of carbonyl (C=O) groups excluding carboxylic acids is 1. The molecule has 19 heavy (non-hydrogen) atoms. The van der Waals surface area contributed by atoms with Gasteiger partial charge in [0.2, 0.25) is 0 Å². The van der Waals surface area contributed by atoms with Crippen LogP contribution in [0.15, 0.2) is 39.4 Å². The molecule has 0 amide bonds. The Morgan fingerprint density at radius 2 is 2.26 bits per heavy atom. The van der Waals surface area contributed by atoms with E-state index in [1.165, 1.54) is 13.3 Å². The van der Waals surface area contributed by atoms with Crippen molar-refractivity contribution in [3.05, 3.63) is 41.9 Å². The van der Waals surface area contributed by atoms with Crippen LogP contribution in [-0.2, 0) is 0 Å². The molecule has 3 nitrogen and oxygen atoms in total. The molecular weight excluding hydrogens is 240 g/mol. The first-order chi connectivity index (χ1) is 9.22. The van der Waals surface area contributed by atoms with Crippen LogP contribution in [0.4, 0.5) is 0 Å². The number of carbonyl (C=O) groups is 1. The van der Waals surface area contributed by atoms with E-state index >= 15 is 0 Å². The summed E-state index contributed by atoms with van der Waals surface area (Å²) in [6, 6.07) is 5.33. The molecule has 0 aromatic carbocycles. The van der Waals surface area contributed by atoms with Crippen molar-refractivity contribution in [1.29, 1.82) is 0 Å². The molecular formula is C16H18O3. The zero-order chi connectivity index (χ0) is 13.7. The molecule has 0 N–H and O–H groups in total. The first-order valence-electron chi connectivity index (χ1n) is 6.57. The lowest BCUT2D eigenvalue weighted by Crippen LogP contribution is -1.90. The first kappa shape index (κ1) is 13.4. The van der Waals surface area contributed by atoms with Crippen LogP contribution in [0.3, 0.4) is 0 Å². The minimum atomic E-state index is -0.0247. The first-order valence-corrected chi connectivity index (χ1v) is 6.57. The molecule has 2 aromatic heterocycles. The van der Waals surface area contributed by atoms with Gasteiger partial charge in [0.15, 0.2) is 17.3 Å². The number of unbranched alkanes of at least 4 members (excludes halogenated alkanes) is 2. The third-order valence-corrected chi connectivity index (χ3v) is 2.88. The molecule has 2 rings (SSSR count). The molecule has 0 saturated heterocycles. The lowest BCUT2D eigenvalue weighted by atomic mass is 10.1. The van der Waals surface area contributed by atoms with Crippen LogP contribution in [-0.4, -0.2) is 5.78 Å². The summed E-state index contributed by atoms with van der Waals surface area (Å²) < 4.78 is 11.0. The van der Waals surface area contributed by atoms with Crippen molar-refractivity contribution in [3.63, 3.8) is 0 Å². The van der Waals surface area contributed by atoms with Crippen molar-refractivity contribution in [3.8, 4) is 11.5 Å². The Morgan fingerprint density at radius 1 is 1.42 bits per heavy atom. The highest BCUT2D eigenvalue weighted by atomic mass is 16.4. The van der Waals surface area contributed by atoms with Crippen molar-refractivity contribution in [1.82, 2.24) is 0 Å². The highest BCUT2D eigenvalue weighted by Gasteiger charge is 2.17. The maximum atomic E-state index is 11.6. The average Bonchev–Trinajstić information content (AvgIpc) is 3.03. The Hall–Kier alpha value is -2.03. The largest absolute Gasteiger partial charge is 0.461 e. The summed E-state index contributed by atoms with van der Waals surface area (Å²) in [6.07, 6.45) is 8.88. The molecule has 0 spiro atoms. The van der Waals surface area contributed by atoms with Crippen LogP contribution < -0.4 is 0 Å². The maximum absolute atomic E-state index is 11.6. The molecule has 0 radical (unpaired) electrons. The van der Waals surface area contributed by atoms with Gasteiger partial charge >= 0.3 is 0 Å². The van der Waals surface area contributed by atoms with E-state index in [2.05, 4.69) is 13.0 Å². The number of hydrogen-bond donors (Lipinski definition) is 0. The second-order valence-electron chi connectivity index (χ2n) is 4.47. The fourth-order valence-corrected chi connectivity index (χ4v) is 1.87. The van der Waals surface area contributed by atoms with Crippen LogP contribution in [0, 0.1) is 0 Å². The number of furan rings is 2. The average molecular weight is 258 g/mol. The predicted molar refractivity (Wildman–Crippen MR) is 75.0 cm³/mol. The Balaban J connectivity index is 2.26. The third kappa shape index (κ3) is 3.25. The van der Waals surface area contributed by atoms with E-state index in [1.54, 1.807) is 24.5 Å². The third-order valence-electron chi connectivity index (χ3n) is 2.88. The molecule has 2 heterocycles. The van der Waals surface area contributed by atoms with Gasteiger partial charge in [-0.1, -0.05) is 25.8 Å². The van der Waals surface area contributed by atoms with Crippen molar-refractivity contribution in [2.24, 2.45) is 0 Å². The minimum absolute atomic E-state index is 0.0247. The monoisotopic (exact) mass is 258 g/mol. The summed E-state index contributed by atoms with van der Waals surface area (Å²) in [4.78, 5) is 11.6. The molecule has 100 valence electrons. The Labute approximate surface area is 112 Å². The van der Waals surface area contributed by atoms with Crippen LogP contribution in [0.25, 0.3) is 17.6 Å². The Bertz CT molecular complexity index is 559. The van der Waals surface area contributed by atoms with E-state index in [0.29, 0.717) is 22.8 Å². The van der Waals surface area contributed by atoms with Gasteiger partial charge in [-0.05, 0) is 37.6 Å². The van der Waals surface area contributed by atoms with Crippen LogP contribution >= 0.6 is 0 Å². The van der Waals surface area contributed by atoms with Gasteiger partial charge in [0, 0.05) is 0 Å². The predicted octanol–water partition coefficient (Wildman–Crippen LogP) is 4.95. The van der Waals surface area contributed by atoms with Gasteiger partial charge in [-0.2, -0.15) is 0 Å². The highest BCUT2D eigenvalue weighted by molar-refractivity contribution is 5.99. The quantitative estimate of drug-likeness (QED) is 0.544. The second-order valence-corrected chi connectivity index (χ2v) is 4.47. The van der Waals surface area contributed by atoms with E-state index in [4.69, 9.17) is 8.83 Å². The standard InChI is InChI=1S/C16H18O3/c1-3-4-5-6-8-13-11-14(12(2)17)16(19-13)15-9-7-10-18-15/h6-11H,3-5H2,1-2H3/b8-6+. The normalized spacial score (nSPS) is 11.3. The Kier molecular flexibility index (Phi) is 4.39. The summed E-state index contributed by atoms with van der Waals surface area (Å²) >= 11 is 0. The molecule has 0 atom stereocenters. The fourth-order valence-electron chi connectivity index (χ4n) is 1.87. The van der Waals surface area contributed by atoms with E-state index in [0.717, 1.165) is 12.8 Å². The van der Waals surface area contributed by atoms with Gasteiger partial charge in [0.25, 0.3) is 0 Å². The van der Waals surface area contributed by atoms with E-state index < -0.39 is 0 Å². The molecule has 0 aliphatic carbocycles. The van der Waals surface area contributed by atoms with Crippen molar-refractivity contribution in [2.45, 2.75) is 33.1 Å². The molecule has 0 unspecified atom stereocenters. The van der Waals surface area contributed by atoms with Crippen LogP contribution in [0.5, 0.6) is 0 Å². The fraction of sp³-hybridized carbons (Fsp3) is 0.312. The molecule has 3 heteroatoms. The van der Waals surface area contributed by atoms with Crippen molar-refractivity contribution >= 4 is 11.9 Å². The molecule has 0 aliphatic rings. The summed E-state index contributed by atoms with van der Waals surface area (Å²) in [6.45, 7) is 3.69. The van der Waals surface area contributed by atoms with Gasteiger partial charge in [0.05, 0.1) is 11.8 Å². The second kappa shape index (κ2) is 6.23. The number of hydrogen-bond acceptors (Lipinski definition) is 3. The maximum Gasteiger partial charge on any atom is 0.180 e. The van der Waals surface area contributed by atoms with E-state index in [9.17, 15) is 4.79 Å². The zero-order valence-electron chi connectivity index (χ0n) is 11.3. The van der Waals surface area contributed by atoms with E-state index in [-0.39, 0.29) is 5.78 Å². The molecule has 2 aromatic rings. The summed E-state index contributed by atoms with van der Waals surface area (Å²) in [5.41, 5.74) is 0.560. The van der Waals surface area contributed by atoms with Gasteiger partial charge in [-0.3, -0.25) is 4.79 Å². The summed E-state index contributed by atoms with van der Waals surface area (Å²) in [5.74, 6) is 1.75. The molecule has 0 bridgehead atoms. The molecule has 0 aliphatic heterocycles. The number of Topliss-reactive ketones (excluding diaryl/α,β-unsaturated/α-hetero) is 1. The smallest absolute Gasteiger partial charge is 0.180 e.